The molecule has 1 aliphatic rings. The molecule has 0 saturated carbocycles. The Kier molecular flexibility index (Phi) is 3.40. The van der Waals surface area contributed by atoms with Crippen LogP contribution in [0.5, 0.6) is 5.75 Å². The summed E-state index contributed by atoms with van der Waals surface area (Å²) in [6, 6.07) is 8.97. The second-order valence-corrected chi connectivity index (χ2v) is 5.05. The van der Waals surface area contributed by atoms with Gasteiger partial charge in [0.25, 0.3) is 0 Å². The molecular formula is C16H15F2NO. The molecule has 2 aromatic rings. The van der Waals surface area contributed by atoms with E-state index >= 15 is 0 Å². The van der Waals surface area contributed by atoms with Gasteiger partial charge in [-0.2, -0.15) is 0 Å². The van der Waals surface area contributed by atoms with Gasteiger partial charge in [0.1, 0.15) is 17.4 Å². The zero-order valence-electron chi connectivity index (χ0n) is 10.9. The predicted octanol–water partition coefficient (Wildman–Crippen LogP) is 3.45. The minimum Gasteiger partial charge on any atom is -0.508 e. The summed E-state index contributed by atoms with van der Waals surface area (Å²) >= 11 is 0. The molecule has 0 spiro atoms. The largest absolute Gasteiger partial charge is 0.508 e. The van der Waals surface area contributed by atoms with Crippen molar-refractivity contribution in [2.24, 2.45) is 0 Å². The van der Waals surface area contributed by atoms with E-state index in [1.807, 2.05) is 6.07 Å². The molecule has 1 atom stereocenters. The first kappa shape index (κ1) is 13.1. The van der Waals surface area contributed by atoms with Gasteiger partial charge in [-0.1, -0.05) is 12.1 Å². The lowest BCUT2D eigenvalue weighted by Crippen LogP contribution is -2.19. The highest BCUT2D eigenvalue weighted by Gasteiger charge is 2.24. The number of hydrogen-bond acceptors (Lipinski definition) is 2. The van der Waals surface area contributed by atoms with Gasteiger partial charge in [0.05, 0.1) is 0 Å². The van der Waals surface area contributed by atoms with Crippen molar-refractivity contribution < 1.29 is 13.9 Å². The van der Waals surface area contributed by atoms with E-state index in [1.165, 1.54) is 6.07 Å². The molecule has 0 radical (unpaired) electrons. The standard InChI is InChI=1S/C16H15F2NO/c17-11-4-6-14(18)10(8-11)9-19-15-7-5-13-12(15)2-1-3-16(13)20/h1-4,6,8,15,19-20H,5,7,9H2. The fourth-order valence-electron chi connectivity index (χ4n) is 2.76. The number of rotatable bonds is 3. The van der Waals surface area contributed by atoms with Gasteiger partial charge in [-0.15, -0.1) is 0 Å². The third-order valence-electron chi connectivity index (χ3n) is 3.79. The molecule has 0 heterocycles. The number of aromatic hydroxyl groups is 1. The second-order valence-electron chi connectivity index (χ2n) is 5.05. The Hall–Kier alpha value is -1.94. The lowest BCUT2D eigenvalue weighted by atomic mass is 10.1. The van der Waals surface area contributed by atoms with Crippen LogP contribution in [0.2, 0.25) is 0 Å². The van der Waals surface area contributed by atoms with E-state index < -0.39 is 11.6 Å². The van der Waals surface area contributed by atoms with E-state index in [2.05, 4.69) is 5.32 Å². The minimum absolute atomic E-state index is 0.0692. The van der Waals surface area contributed by atoms with Crippen molar-refractivity contribution in [2.75, 3.05) is 0 Å². The molecule has 0 aromatic heterocycles. The van der Waals surface area contributed by atoms with Crippen molar-refractivity contribution in [2.45, 2.75) is 25.4 Å². The Morgan fingerprint density at radius 3 is 2.90 bits per heavy atom. The summed E-state index contributed by atoms with van der Waals surface area (Å²) in [4.78, 5) is 0. The maximum absolute atomic E-state index is 13.6. The number of phenolic OH excluding ortho intramolecular Hbond substituents is 1. The number of benzene rings is 2. The first-order valence-electron chi connectivity index (χ1n) is 6.63. The van der Waals surface area contributed by atoms with Gasteiger partial charge in [0, 0.05) is 18.2 Å². The topological polar surface area (TPSA) is 32.3 Å². The zero-order chi connectivity index (χ0) is 14.1. The first-order valence-corrected chi connectivity index (χ1v) is 6.63. The molecule has 20 heavy (non-hydrogen) atoms. The smallest absolute Gasteiger partial charge is 0.127 e. The van der Waals surface area contributed by atoms with Crippen LogP contribution in [-0.2, 0) is 13.0 Å². The number of halogens is 2. The minimum atomic E-state index is -0.437. The van der Waals surface area contributed by atoms with Crippen molar-refractivity contribution in [3.8, 4) is 5.75 Å². The molecule has 0 bridgehead atoms. The molecular weight excluding hydrogens is 260 g/mol. The highest BCUT2D eigenvalue weighted by atomic mass is 19.1. The fourth-order valence-corrected chi connectivity index (χ4v) is 2.76. The van der Waals surface area contributed by atoms with E-state index in [0.29, 0.717) is 11.3 Å². The molecule has 0 amide bonds. The van der Waals surface area contributed by atoms with Crippen LogP contribution >= 0.6 is 0 Å². The van der Waals surface area contributed by atoms with Crippen LogP contribution in [0.4, 0.5) is 8.78 Å². The lowest BCUT2D eigenvalue weighted by Gasteiger charge is -2.14. The summed E-state index contributed by atoms with van der Waals surface area (Å²) in [5, 5.41) is 13.0. The highest BCUT2D eigenvalue weighted by Crippen LogP contribution is 2.36. The van der Waals surface area contributed by atoms with E-state index in [-0.39, 0.29) is 12.6 Å². The van der Waals surface area contributed by atoms with Gasteiger partial charge >= 0.3 is 0 Å². The summed E-state index contributed by atoms with van der Waals surface area (Å²) in [6.07, 6.45) is 1.65. The Morgan fingerprint density at radius 1 is 1.20 bits per heavy atom. The van der Waals surface area contributed by atoms with Gasteiger partial charge in [-0.05, 0) is 48.2 Å². The molecule has 2 N–H and O–H groups in total. The van der Waals surface area contributed by atoms with Crippen LogP contribution in [0.1, 0.15) is 29.2 Å². The van der Waals surface area contributed by atoms with Crippen LogP contribution in [0.3, 0.4) is 0 Å². The van der Waals surface area contributed by atoms with Crippen molar-refractivity contribution in [3.63, 3.8) is 0 Å². The van der Waals surface area contributed by atoms with Gasteiger partial charge in [-0.3, -0.25) is 0 Å². The molecule has 2 nitrogen and oxygen atoms in total. The molecule has 1 aliphatic carbocycles. The number of nitrogens with one attached hydrogen (secondary N) is 1. The lowest BCUT2D eigenvalue weighted by molar-refractivity contribution is 0.469. The number of hydrogen-bond donors (Lipinski definition) is 2. The summed E-state index contributed by atoms with van der Waals surface area (Å²) in [7, 11) is 0. The third kappa shape index (κ3) is 2.39. The molecule has 3 rings (SSSR count). The van der Waals surface area contributed by atoms with Gasteiger partial charge in [-0.25, -0.2) is 8.78 Å². The Balaban J connectivity index is 1.75. The van der Waals surface area contributed by atoms with E-state index in [1.54, 1.807) is 12.1 Å². The molecule has 104 valence electrons. The average molecular weight is 275 g/mol. The quantitative estimate of drug-likeness (QED) is 0.899. The van der Waals surface area contributed by atoms with Gasteiger partial charge < -0.3 is 10.4 Å². The Bertz CT molecular complexity index is 642. The van der Waals surface area contributed by atoms with Crippen LogP contribution in [0, 0.1) is 11.6 Å². The van der Waals surface area contributed by atoms with Crippen molar-refractivity contribution >= 4 is 0 Å². The molecule has 4 heteroatoms. The van der Waals surface area contributed by atoms with Crippen LogP contribution < -0.4 is 5.32 Å². The first-order chi connectivity index (χ1) is 9.65. The maximum Gasteiger partial charge on any atom is 0.127 e. The SMILES string of the molecule is Oc1cccc2c1CCC2NCc1cc(F)ccc1F. The summed E-state index contributed by atoms with van der Waals surface area (Å²) in [5.41, 5.74) is 2.31. The van der Waals surface area contributed by atoms with Crippen LogP contribution in [0.25, 0.3) is 0 Å². The number of fused-ring (bicyclic) bond motifs is 1. The molecule has 0 saturated heterocycles. The highest BCUT2D eigenvalue weighted by molar-refractivity contribution is 5.44. The van der Waals surface area contributed by atoms with Gasteiger partial charge in [0.2, 0.25) is 0 Å². The van der Waals surface area contributed by atoms with Crippen molar-refractivity contribution in [1.82, 2.24) is 5.32 Å². The monoisotopic (exact) mass is 275 g/mol. The van der Waals surface area contributed by atoms with E-state index in [0.717, 1.165) is 36.1 Å². The summed E-state index contributed by atoms with van der Waals surface area (Å²) in [6.45, 7) is 0.267. The normalized spacial score (nSPS) is 17.2. The summed E-state index contributed by atoms with van der Waals surface area (Å²) in [5.74, 6) is -0.538. The third-order valence-corrected chi connectivity index (χ3v) is 3.79. The predicted molar refractivity (Wildman–Crippen MR) is 72.4 cm³/mol. The number of phenols is 1. The Labute approximate surface area is 116 Å². The molecule has 2 aromatic carbocycles. The van der Waals surface area contributed by atoms with E-state index in [4.69, 9.17) is 0 Å². The van der Waals surface area contributed by atoms with Gasteiger partial charge in [0.15, 0.2) is 0 Å². The van der Waals surface area contributed by atoms with Crippen LogP contribution in [-0.4, -0.2) is 5.11 Å². The molecule has 1 unspecified atom stereocenters. The van der Waals surface area contributed by atoms with Crippen LogP contribution in [0.15, 0.2) is 36.4 Å². The average Bonchev–Trinajstić information content (AvgIpc) is 2.85. The second kappa shape index (κ2) is 5.21. The zero-order valence-corrected chi connectivity index (χ0v) is 10.9. The van der Waals surface area contributed by atoms with Crippen molar-refractivity contribution in [1.29, 1.82) is 0 Å². The molecule has 0 aliphatic heterocycles. The van der Waals surface area contributed by atoms with E-state index in [9.17, 15) is 13.9 Å². The fraction of sp³-hybridized carbons (Fsp3) is 0.250. The maximum atomic E-state index is 13.6. The Morgan fingerprint density at radius 2 is 2.05 bits per heavy atom. The van der Waals surface area contributed by atoms with Crippen molar-refractivity contribution in [3.05, 3.63) is 64.7 Å². The summed E-state index contributed by atoms with van der Waals surface area (Å²) < 4.78 is 26.7. The molecule has 0 fully saturated rings.